The number of thiocarbonyl (C=S) groups is 3. The fraction of sp³-hybridized carbons (Fsp3) is 0.263. The summed E-state index contributed by atoms with van der Waals surface area (Å²) in [6.45, 7) is 7.69. The maximum Gasteiger partial charge on any atom is 0.346 e. The van der Waals surface area contributed by atoms with Crippen LogP contribution < -0.4 is 29.2 Å². The van der Waals surface area contributed by atoms with Crippen molar-refractivity contribution >= 4 is 251 Å². The van der Waals surface area contributed by atoms with Crippen molar-refractivity contribution in [1.29, 1.82) is 5.26 Å². The summed E-state index contributed by atoms with van der Waals surface area (Å²) in [7, 11) is 1.68. The van der Waals surface area contributed by atoms with E-state index in [0.717, 1.165) is 125 Å². The zero-order valence-electron chi connectivity index (χ0n) is 81.4. The van der Waals surface area contributed by atoms with Crippen molar-refractivity contribution in [3.8, 4) is 11.8 Å². The van der Waals surface area contributed by atoms with Crippen molar-refractivity contribution in [2.45, 2.75) is 169 Å². The molecule has 32 heteroatoms. The van der Waals surface area contributed by atoms with Crippen LogP contribution in [0, 0.1) is 17.9 Å². The average Bonchev–Trinajstić information content (AvgIpc) is 1.58. The number of rotatable bonds is 21. The molecule has 11 aromatic rings. The van der Waals surface area contributed by atoms with Crippen LogP contribution in [-0.2, 0) is 51.4 Å². The molecule has 10 unspecified atom stereocenters. The zero-order chi connectivity index (χ0) is 105. The van der Waals surface area contributed by atoms with Crippen molar-refractivity contribution in [1.82, 2.24) is 14.7 Å². The van der Waals surface area contributed by atoms with E-state index in [4.69, 9.17) is 73.7 Å². The molecule has 3 amide bonds. The monoisotopic (exact) mass is 2230 g/mol. The van der Waals surface area contributed by atoms with Crippen LogP contribution in [0.25, 0.3) is 46.0 Å². The first-order valence-electron chi connectivity index (χ1n) is 50.0. The van der Waals surface area contributed by atoms with E-state index in [9.17, 15) is 43.5 Å². The highest BCUT2D eigenvalue weighted by atomic mass is 79.9. The number of methoxy groups -OCH3 is 1. The fourth-order valence-electron chi connectivity index (χ4n) is 24.1. The number of hydrogen-bond acceptors (Lipinski definition) is 21. The van der Waals surface area contributed by atoms with Gasteiger partial charge in [-0.05, 0) is 303 Å². The van der Waals surface area contributed by atoms with E-state index >= 15 is 0 Å². The van der Waals surface area contributed by atoms with Gasteiger partial charge in [0.05, 0.1) is 34.1 Å². The molecule has 0 spiro atoms. The highest BCUT2D eigenvalue weighted by Gasteiger charge is 2.49. The minimum absolute atomic E-state index is 0.230. The summed E-state index contributed by atoms with van der Waals surface area (Å²) in [5.41, 5.74) is 22.7. The van der Waals surface area contributed by atoms with Gasteiger partial charge in [0.1, 0.15) is 50.0 Å². The Bertz CT molecular complexity index is 7610. The summed E-state index contributed by atoms with van der Waals surface area (Å²) in [4.78, 5) is 114. The average molecular weight is 2240 g/mol. The van der Waals surface area contributed by atoms with Gasteiger partial charge in [0, 0.05) is 122 Å². The predicted octanol–water partition coefficient (Wildman–Crippen LogP) is 26.0. The summed E-state index contributed by atoms with van der Waals surface area (Å²) >= 11 is 26.4. The first-order valence-corrected chi connectivity index (χ1v) is 55.2. The predicted molar refractivity (Wildman–Crippen MR) is 611 cm³/mol. The number of thioether (sulfide) groups is 3. The van der Waals surface area contributed by atoms with Gasteiger partial charge in [-0.1, -0.05) is 241 Å². The van der Waals surface area contributed by atoms with E-state index in [1.807, 2.05) is 78.9 Å². The van der Waals surface area contributed by atoms with Crippen LogP contribution >= 0.6 is 104 Å². The van der Waals surface area contributed by atoms with Crippen LogP contribution in [0.4, 0.5) is 45.5 Å². The summed E-state index contributed by atoms with van der Waals surface area (Å²) in [5, 5.41) is 56.7. The van der Waals surface area contributed by atoms with Gasteiger partial charge in [0.15, 0.2) is 0 Å². The number of fused-ring (bicyclic) bond motifs is 16. The highest BCUT2D eigenvalue weighted by Crippen LogP contribution is 2.59. The third kappa shape index (κ3) is 21.3. The number of para-hydroxylation sites is 1. The number of aliphatic carboxylic acids is 5. The van der Waals surface area contributed by atoms with Gasteiger partial charge in [0.2, 0.25) is 0 Å². The molecule has 5 aliphatic carbocycles. The first kappa shape index (κ1) is 103. The summed E-state index contributed by atoms with van der Waals surface area (Å²) in [6, 6.07) is 85.8. The molecule has 0 radical (unpaired) electrons. The third-order valence-corrected chi connectivity index (χ3v) is 35.7. The van der Waals surface area contributed by atoms with Crippen molar-refractivity contribution in [2.75, 3.05) is 51.2 Å². The normalized spacial score (nSPS) is 22.4. The van der Waals surface area contributed by atoms with Gasteiger partial charge in [-0.25, -0.2) is 9.64 Å². The lowest BCUT2D eigenvalue weighted by molar-refractivity contribution is -0.140. The van der Waals surface area contributed by atoms with Crippen molar-refractivity contribution in [3.05, 3.63) is 350 Å². The number of anilines is 8. The zero-order valence-corrected chi connectivity index (χ0v) is 89.5. The molecular weight excluding hydrogens is 2130 g/mol. The topological polar surface area (TPSA) is 301 Å². The number of carbonyl (C=O) groups is 8. The Balaban J connectivity index is 0.000000114. The molecule has 5 N–H and O–H groups in total. The largest absolute Gasteiger partial charge is 0.497 e. The van der Waals surface area contributed by atoms with Gasteiger partial charge in [0.25, 0.3) is 23.4 Å². The second-order valence-electron chi connectivity index (χ2n) is 39.2. The Kier molecular flexibility index (Phi) is 30.9. The molecule has 10 atom stereocenters. The number of carboxylic acids is 5. The molecule has 3 saturated heterocycles. The van der Waals surface area contributed by atoms with Crippen LogP contribution in [0.5, 0.6) is 5.75 Å². The maximum atomic E-state index is 12.7. The molecule has 11 aromatic carbocycles. The summed E-state index contributed by atoms with van der Waals surface area (Å²) in [5.74, 6) is -3.38. The Morgan fingerprint density at radius 1 is 0.413 bits per heavy atom. The van der Waals surface area contributed by atoms with E-state index in [0.29, 0.717) is 83.2 Å². The second-order valence-corrected chi connectivity index (χ2v) is 46.0. The fourth-order valence-corrected chi connectivity index (χ4v) is 28.8. The standard InChI is InChI=1S/C26H22N2O3.C24H22N2O3S2.C23H18Br2N2O3S2.C23H20N2O3S2.C22H20N2O2/c1-27-23(26(29)30)13-16-6-11-25-22(12-16)21-4-3-5-24(21)28(25)19-9-7-18-15-20(31-2)10-8-17(18)14-19;27-22(28)14-26-23(29)21(31-24(26)30)12-16-9-10-20-18(11-16)17-7-4-8-19(17)25(20)13-15-5-2-1-3-6-15;24-13-4-6-14(7-5-13)27-18-3-1-2-15(18)16-8-12(9-17(25)21(16)27)10-19-22(30)26(11-20(28)29)23(31)32-19;26-21(27)13-24-22(28)20(30-23(24)29)12-14-9-10-19-17(11-14)16-7-4-8-18(16)25(19)15-5-2-1-3-6-15;23-13-17(22(25)26)11-16-9-10-21-19(12-16)18-7-4-8-20(18)24(21)14-15-5-2-1-3-6-15/h6-15,21,24H,3-5H2,2H3,(H,29,30);1-3,5-6,9-12,17,19H,4,7-8,13-14H2,(H,27,28);4-10,15,18H,1-3,11H2,(H,28,29);1-3,5-6,9-12,16,18H,4,7-8,13H2,(H,26,27);1-3,5-6,9-12,18,20H,4,7-8,14H2,(H,25,26)/b23-13-;21-12+;19-10+;20-12+;17-11+. The van der Waals surface area contributed by atoms with E-state index in [-0.39, 0.29) is 33.3 Å². The number of nitriles is 1. The van der Waals surface area contributed by atoms with Gasteiger partial charge in [-0.3, -0.25) is 48.3 Å². The lowest BCUT2D eigenvalue weighted by atomic mass is 9.95. The van der Waals surface area contributed by atoms with Crippen LogP contribution in [0.2, 0.25) is 0 Å². The van der Waals surface area contributed by atoms with E-state index < -0.39 is 49.5 Å². The number of amides is 3. The van der Waals surface area contributed by atoms with Crippen molar-refractivity contribution in [2.24, 2.45) is 0 Å². The maximum absolute atomic E-state index is 12.7. The molecule has 5 saturated carbocycles. The molecule has 8 fully saturated rings. The smallest absolute Gasteiger partial charge is 0.346 e. The van der Waals surface area contributed by atoms with Crippen LogP contribution in [0.1, 0.15) is 193 Å². The van der Waals surface area contributed by atoms with Gasteiger partial charge in [-0.15, -0.1) is 0 Å². The highest BCUT2D eigenvalue weighted by molar-refractivity contribution is 9.11. The minimum atomic E-state index is -1.19. The van der Waals surface area contributed by atoms with Crippen LogP contribution in [0.3, 0.4) is 0 Å². The number of halogens is 2. The lowest BCUT2D eigenvalue weighted by Gasteiger charge is -2.28. The number of ether oxygens (including phenoxy) is 1. The van der Waals surface area contributed by atoms with Gasteiger partial charge < -0.3 is 54.8 Å². The van der Waals surface area contributed by atoms with Crippen LogP contribution in [-0.4, -0.2) is 158 Å². The number of benzene rings is 11. The molecule has 150 heavy (non-hydrogen) atoms. The van der Waals surface area contributed by atoms with E-state index in [1.165, 1.54) is 184 Å². The number of carbonyl (C=O) groups excluding carboxylic acids is 3. The van der Waals surface area contributed by atoms with Crippen molar-refractivity contribution < 1.29 is 68.6 Å². The van der Waals surface area contributed by atoms with Crippen LogP contribution in [0.15, 0.2) is 272 Å². The second kappa shape index (κ2) is 44.8. The van der Waals surface area contributed by atoms with Crippen molar-refractivity contribution in [3.63, 3.8) is 0 Å². The Morgan fingerprint density at radius 3 is 1.23 bits per heavy atom. The number of carboxylic acid groups (broad SMARTS) is 5. The SMILES string of the molecule is N#C/C(=C\c1ccc2c(c1)C1CCCC1N2Cc1ccccc1)C(=O)O.O=C(O)CN1C(=O)/C(=C\c2cc(Br)c3c(c2)C2CCCC2N3c2ccc(Br)cc2)SC1=S.O=C(O)CN1C(=O)/C(=C\c2ccc3c(c2)C2CCCC2N3Cc2ccccc2)SC1=S.O=C(O)CN1C(=O)/C(=C\c2ccc3c(c2)C2CCCC2N3c2ccccc2)SC1=S.[C-]#[N+]/C(=C\c1ccc2c(c1)C1CCCC1N2c1ccc2cc(OC)ccc2c1)C(=O)O. The molecule has 8 heterocycles. The number of nitrogens with zero attached hydrogens (tertiary/aromatic N) is 10. The van der Waals surface area contributed by atoms with E-state index in [1.54, 1.807) is 13.2 Å². The lowest BCUT2D eigenvalue weighted by Crippen LogP contribution is -2.33. The van der Waals surface area contributed by atoms with E-state index in [2.05, 4.69) is 237 Å². The first-order chi connectivity index (χ1) is 72.6. The minimum Gasteiger partial charge on any atom is -0.497 e. The molecule has 0 bridgehead atoms. The molecule has 24 nitrogen and oxygen atoms in total. The Labute approximate surface area is 913 Å². The molecule has 758 valence electrons. The Morgan fingerprint density at radius 2 is 0.787 bits per heavy atom. The summed E-state index contributed by atoms with van der Waals surface area (Å²) < 4.78 is 8.25. The summed E-state index contributed by atoms with van der Waals surface area (Å²) in [6.07, 6.45) is 26.1. The molecular formula is C118H102Br2N10O14S6. The molecule has 8 aliphatic heterocycles. The number of hydrogen-bond donors (Lipinski definition) is 5. The van der Waals surface area contributed by atoms with Gasteiger partial charge >= 0.3 is 29.8 Å². The quantitative estimate of drug-likeness (QED) is 0.0193. The third-order valence-electron chi connectivity index (χ3n) is 30.4. The molecule has 0 aromatic heterocycles. The van der Waals surface area contributed by atoms with Gasteiger partial charge in [-0.2, -0.15) is 5.26 Å². The Hall–Kier alpha value is -13.8. The molecule has 24 rings (SSSR count). The molecule has 13 aliphatic rings.